The number of amides is 1. The average molecular weight is 479 g/mol. The van der Waals surface area contributed by atoms with Crippen molar-refractivity contribution in [2.24, 2.45) is 0 Å². The van der Waals surface area contributed by atoms with Gasteiger partial charge in [0, 0.05) is 5.56 Å². The van der Waals surface area contributed by atoms with Gasteiger partial charge in [0.15, 0.2) is 5.13 Å². The molecule has 1 N–H and O–H groups in total. The highest BCUT2D eigenvalue weighted by Gasteiger charge is 2.48. The minimum Gasteiger partial charge on any atom is -0.507 e. The van der Waals surface area contributed by atoms with E-state index in [-0.39, 0.29) is 21.3 Å². The normalized spacial score (nSPS) is 17.2. The van der Waals surface area contributed by atoms with Gasteiger partial charge in [0.2, 0.25) is 0 Å². The summed E-state index contributed by atoms with van der Waals surface area (Å²) in [6, 6.07) is 12.9. The molecule has 1 fully saturated rings. The first-order valence-electron chi connectivity index (χ1n) is 10.3. The van der Waals surface area contributed by atoms with Gasteiger partial charge in [-0.2, -0.15) is 0 Å². The third-order valence-electron chi connectivity index (χ3n) is 5.54. The Morgan fingerprint density at radius 1 is 1.09 bits per heavy atom. The van der Waals surface area contributed by atoms with Gasteiger partial charge in [-0.3, -0.25) is 14.5 Å². The maximum Gasteiger partial charge on any atom is 0.350 e. The summed E-state index contributed by atoms with van der Waals surface area (Å²) in [7, 11) is 2.75. The molecule has 0 aliphatic carbocycles. The summed E-state index contributed by atoms with van der Waals surface area (Å²) in [4.78, 5) is 44.4. The minimum atomic E-state index is -0.942. The van der Waals surface area contributed by atoms with Crippen molar-refractivity contribution in [3.05, 3.63) is 81.4 Å². The second-order valence-electron chi connectivity index (χ2n) is 7.71. The van der Waals surface area contributed by atoms with E-state index in [1.54, 1.807) is 43.3 Å². The van der Waals surface area contributed by atoms with Gasteiger partial charge in [-0.05, 0) is 31.5 Å². The van der Waals surface area contributed by atoms with Crippen molar-refractivity contribution < 1.29 is 29.0 Å². The number of hydrogen-bond donors (Lipinski definition) is 1. The highest BCUT2D eigenvalue weighted by molar-refractivity contribution is 7.17. The molecule has 0 saturated carbocycles. The Balaban J connectivity index is 1.93. The fraction of sp³-hybridized carbons (Fsp3) is 0.200. The van der Waals surface area contributed by atoms with E-state index in [9.17, 15) is 19.5 Å². The summed E-state index contributed by atoms with van der Waals surface area (Å²) in [5.74, 6) is -2.12. The van der Waals surface area contributed by atoms with Gasteiger partial charge in [-0.1, -0.05) is 53.3 Å². The molecule has 9 heteroatoms. The quantitative estimate of drug-likeness (QED) is 0.254. The van der Waals surface area contributed by atoms with E-state index in [2.05, 4.69) is 4.98 Å². The zero-order chi connectivity index (χ0) is 24.6. The van der Waals surface area contributed by atoms with Gasteiger partial charge in [-0.25, -0.2) is 9.78 Å². The Bertz CT molecular complexity index is 1330. The molecule has 1 atom stereocenters. The van der Waals surface area contributed by atoms with Crippen LogP contribution < -0.4 is 9.64 Å². The Morgan fingerprint density at radius 2 is 1.79 bits per heavy atom. The van der Waals surface area contributed by atoms with Gasteiger partial charge >= 0.3 is 11.9 Å². The maximum absolute atomic E-state index is 13.2. The molecule has 4 rings (SSSR count). The standard InChI is InChI=1S/C25H22N2O6S/c1-13-8-10-15(11-9-13)19-18(20(28)16-6-5-7-17(12-16)32-3)21(29)23(30)27(19)25-26-14(2)22(34-25)24(31)33-4/h5-12,19,28H,1-4H3/b20-18+/t19-/m0/s1. The van der Waals surface area contributed by atoms with Crippen molar-refractivity contribution in [1.82, 2.24) is 4.98 Å². The van der Waals surface area contributed by atoms with E-state index in [0.717, 1.165) is 16.9 Å². The topological polar surface area (TPSA) is 106 Å². The van der Waals surface area contributed by atoms with E-state index in [1.165, 1.54) is 19.1 Å². The monoisotopic (exact) mass is 478 g/mol. The SMILES string of the molecule is COC(=O)c1sc(N2C(=O)C(=O)/C(=C(/O)c3cccc(OC)c3)[C@@H]2c2ccc(C)cc2)nc1C. The fourth-order valence-electron chi connectivity index (χ4n) is 3.79. The van der Waals surface area contributed by atoms with Crippen molar-refractivity contribution in [2.75, 3.05) is 19.1 Å². The third-order valence-corrected chi connectivity index (χ3v) is 6.68. The van der Waals surface area contributed by atoms with Crippen LogP contribution in [0.2, 0.25) is 0 Å². The van der Waals surface area contributed by atoms with Crippen LogP contribution in [0.25, 0.3) is 5.76 Å². The Hall–Kier alpha value is -3.98. The smallest absolute Gasteiger partial charge is 0.350 e. The van der Waals surface area contributed by atoms with Crippen molar-refractivity contribution >= 4 is 39.9 Å². The number of aryl methyl sites for hydroxylation is 2. The number of thiazole rings is 1. The molecule has 0 unspecified atom stereocenters. The van der Waals surface area contributed by atoms with Crippen molar-refractivity contribution in [1.29, 1.82) is 0 Å². The maximum atomic E-state index is 13.2. The summed E-state index contributed by atoms with van der Waals surface area (Å²) in [5, 5.41) is 11.4. The molecule has 1 aliphatic heterocycles. The third kappa shape index (κ3) is 3.94. The second-order valence-corrected chi connectivity index (χ2v) is 8.69. The predicted molar refractivity (Wildman–Crippen MR) is 127 cm³/mol. The Labute approximate surface area is 200 Å². The van der Waals surface area contributed by atoms with E-state index in [1.807, 2.05) is 19.1 Å². The molecule has 1 aromatic heterocycles. The highest BCUT2D eigenvalue weighted by atomic mass is 32.1. The number of anilines is 1. The van der Waals surface area contributed by atoms with E-state index >= 15 is 0 Å². The first kappa shape index (κ1) is 23.2. The van der Waals surface area contributed by atoms with E-state index < -0.39 is 23.7 Å². The van der Waals surface area contributed by atoms with Crippen molar-refractivity contribution in [3.8, 4) is 5.75 Å². The molecule has 2 heterocycles. The minimum absolute atomic E-state index is 0.0745. The lowest BCUT2D eigenvalue weighted by atomic mass is 9.95. The molecule has 2 aromatic carbocycles. The number of rotatable bonds is 5. The van der Waals surface area contributed by atoms with Gasteiger partial charge in [0.1, 0.15) is 16.4 Å². The van der Waals surface area contributed by atoms with E-state index in [0.29, 0.717) is 22.6 Å². The summed E-state index contributed by atoms with van der Waals surface area (Å²) in [6.07, 6.45) is 0. The van der Waals surface area contributed by atoms with Crippen LogP contribution in [-0.2, 0) is 14.3 Å². The molecule has 0 spiro atoms. The van der Waals surface area contributed by atoms with Crippen LogP contribution in [0.5, 0.6) is 5.75 Å². The van der Waals surface area contributed by atoms with Gasteiger partial charge < -0.3 is 14.6 Å². The molecular weight excluding hydrogens is 456 g/mol. The molecule has 8 nitrogen and oxygen atoms in total. The van der Waals surface area contributed by atoms with Crippen LogP contribution in [0.15, 0.2) is 54.1 Å². The summed E-state index contributed by atoms with van der Waals surface area (Å²) < 4.78 is 10.0. The molecule has 0 bridgehead atoms. The molecule has 3 aromatic rings. The Kier molecular flexibility index (Phi) is 6.21. The predicted octanol–water partition coefficient (Wildman–Crippen LogP) is 4.18. The summed E-state index contributed by atoms with van der Waals surface area (Å²) in [5.41, 5.74) is 2.24. The van der Waals surface area contributed by atoms with Crippen LogP contribution in [0.3, 0.4) is 0 Å². The number of aliphatic hydroxyl groups is 1. The summed E-state index contributed by atoms with van der Waals surface area (Å²) >= 11 is 0.955. The van der Waals surface area contributed by atoms with Crippen LogP contribution in [0.4, 0.5) is 5.13 Å². The molecule has 34 heavy (non-hydrogen) atoms. The van der Waals surface area contributed by atoms with Crippen LogP contribution >= 0.6 is 11.3 Å². The zero-order valence-corrected chi connectivity index (χ0v) is 19.8. The second kappa shape index (κ2) is 9.11. The number of hydrogen-bond acceptors (Lipinski definition) is 8. The van der Waals surface area contributed by atoms with Crippen molar-refractivity contribution in [3.63, 3.8) is 0 Å². The number of aliphatic hydroxyl groups excluding tert-OH is 1. The number of ketones is 1. The largest absolute Gasteiger partial charge is 0.507 e. The Morgan fingerprint density at radius 3 is 2.44 bits per heavy atom. The number of carbonyl (C=O) groups is 3. The fourth-order valence-corrected chi connectivity index (χ4v) is 4.80. The number of methoxy groups -OCH3 is 2. The first-order valence-corrected chi connectivity index (χ1v) is 11.2. The highest BCUT2D eigenvalue weighted by Crippen LogP contribution is 2.44. The number of Topliss-reactive ketones (excluding diaryl/α,β-unsaturated/α-hetero) is 1. The van der Waals surface area contributed by atoms with E-state index in [4.69, 9.17) is 9.47 Å². The number of aromatic nitrogens is 1. The molecular formula is C25H22N2O6S. The van der Waals surface area contributed by atoms with Gasteiger partial charge in [0.25, 0.3) is 5.78 Å². The number of benzene rings is 2. The number of carbonyl (C=O) groups excluding carboxylic acids is 3. The lowest BCUT2D eigenvalue weighted by Gasteiger charge is -2.23. The number of esters is 1. The summed E-state index contributed by atoms with van der Waals surface area (Å²) in [6.45, 7) is 3.55. The van der Waals surface area contributed by atoms with Crippen LogP contribution in [-0.4, -0.2) is 42.0 Å². The molecule has 1 amide bonds. The average Bonchev–Trinajstić information content (AvgIpc) is 3.35. The lowest BCUT2D eigenvalue weighted by Crippen LogP contribution is -2.29. The number of ether oxygens (including phenoxy) is 2. The molecule has 1 saturated heterocycles. The van der Waals surface area contributed by atoms with Crippen LogP contribution in [0.1, 0.15) is 38.1 Å². The zero-order valence-electron chi connectivity index (χ0n) is 19.0. The molecule has 1 aliphatic rings. The van der Waals surface area contributed by atoms with Gasteiger partial charge in [0.05, 0.1) is 31.5 Å². The van der Waals surface area contributed by atoms with Crippen LogP contribution in [0, 0.1) is 13.8 Å². The first-order chi connectivity index (χ1) is 16.3. The number of nitrogens with zero attached hydrogens (tertiary/aromatic N) is 2. The molecule has 0 radical (unpaired) electrons. The lowest BCUT2D eigenvalue weighted by molar-refractivity contribution is -0.132. The van der Waals surface area contributed by atoms with Crippen molar-refractivity contribution in [2.45, 2.75) is 19.9 Å². The van der Waals surface area contributed by atoms with Gasteiger partial charge in [-0.15, -0.1) is 0 Å². The molecule has 174 valence electrons.